The highest BCUT2D eigenvalue weighted by Crippen LogP contribution is 2.34. The number of rotatable bonds is 1. The van der Waals surface area contributed by atoms with Crippen LogP contribution in [0.1, 0.15) is 62.1 Å². The quantitative estimate of drug-likeness (QED) is 0.697. The van der Waals surface area contributed by atoms with Gasteiger partial charge < -0.3 is 4.98 Å². The van der Waals surface area contributed by atoms with Gasteiger partial charge in [-0.15, -0.1) is 0 Å². The molecule has 1 heteroatoms. The Hall–Kier alpha value is -1.24. The summed E-state index contributed by atoms with van der Waals surface area (Å²) in [5, 5.41) is 1.41. The second-order valence-electron chi connectivity index (χ2n) is 5.75. The topological polar surface area (TPSA) is 15.8 Å². The van der Waals surface area contributed by atoms with E-state index >= 15 is 0 Å². The van der Waals surface area contributed by atoms with Crippen molar-refractivity contribution >= 4 is 10.9 Å². The van der Waals surface area contributed by atoms with Crippen molar-refractivity contribution in [1.82, 2.24) is 4.98 Å². The lowest BCUT2D eigenvalue weighted by Crippen LogP contribution is -2.04. The molecule has 96 valence electrons. The van der Waals surface area contributed by atoms with E-state index in [4.69, 9.17) is 0 Å². The van der Waals surface area contributed by atoms with Gasteiger partial charge in [0.2, 0.25) is 0 Å². The Morgan fingerprint density at radius 3 is 2.33 bits per heavy atom. The second-order valence-corrected chi connectivity index (χ2v) is 5.75. The van der Waals surface area contributed by atoms with Gasteiger partial charge in [-0.05, 0) is 37.3 Å². The van der Waals surface area contributed by atoms with Crippen LogP contribution in [0.2, 0.25) is 0 Å². The molecule has 0 radical (unpaired) electrons. The fourth-order valence-corrected chi connectivity index (χ4v) is 3.46. The van der Waals surface area contributed by atoms with Crippen molar-refractivity contribution in [2.24, 2.45) is 0 Å². The SMILES string of the molecule is Cc1c(C2CCCCCCC2)[nH]c2ccccc12. The first-order valence-electron chi connectivity index (χ1n) is 7.43. The average Bonchev–Trinajstić information content (AvgIpc) is 2.67. The molecule has 0 spiro atoms. The zero-order chi connectivity index (χ0) is 12.4. The van der Waals surface area contributed by atoms with Gasteiger partial charge >= 0.3 is 0 Å². The second kappa shape index (κ2) is 5.17. The summed E-state index contributed by atoms with van der Waals surface area (Å²) < 4.78 is 0. The number of hydrogen-bond acceptors (Lipinski definition) is 0. The maximum absolute atomic E-state index is 3.68. The number of fused-ring (bicyclic) bond motifs is 1. The van der Waals surface area contributed by atoms with Gasteiger partial charge in [-0.3, -0.25) is 0 Å². The number of aryl methyl sites for hydroxylation is 1. The van der Waals surface area contributed by atoms with Gasteiger partial charge in [0.15, 0.2) is 0 Å². The summed E-state index contributed by atoms with van der Waals surface area (Å²) in [5.41, 5.74) is 4.31. The van der Waals surface area contributed by atoms with Crippen molar-refractivity contribution in [2.75, 3.05) is 0 Å². The van der Waals surface area contributed by atoms with Crippen LogP contribution >= 0.6 is 0 Å². The van der Waals surface area contributed by atoms with Crippen molar-refractivity contribution < 1.29 is 0 Å². The van der Waals surface area contributed by atoms with Crippen LogP contribution in [0.5, 0.6) is 0 Å². The Labute approximate surface area is 110 Å². The molecule has 0 amide bonds. The molecule has 1 aliphatic carbocycles. The Balaban J connectivity index is 1.94. The fourth-order valence-electron chi connectivity index (χ4n) is 3.46. The van der Waals surface area contributed by atoms with Crippen molar-refractivity contribution in [3.63, 3.8) is 0 Å². The number of nitrogens with one attached hydrogen (secondary N) is 1. The summed E-state index contributed by atoms with van der Waals surface area (Å²) in [5.74, 6) is 0.762. The summed E-state index contributed by atoms with van der Waals surface area (Å²) in [6, 6.07) is 8.72. The van der Waals surface area contributed by atoms with E-state index in [1.54, 1.807) is 0 Å². The minimum Gasteiger partial charge on any atom is -0.358 e. The lowest BCUT2D eigenvalue weighted by atomic mass is 9.87. The first-order valence-corrected chi connectivity index (χ1v) is 7.43. The molecule has 3 rings (SSSR count). The summed E-state index contributed by atoms with van der Waals surface area (Å²) in [7, 11) is 0. The Morgan fingerprint density at radius 2 is 1.61 bits per heavy atom. The summed E-state index contributed by atoms with van der Waals surface area (Å²) in [6.45, 7) is 2.28. The lowest BCUT2D eigenvalue weighted by molar-refractivity contribution is 0.450. The molecule has 2 aromatic rings. The van der Waals surface area contributed by atoms with E-state index in [1.807, 2.05) is 0 Å². The maximum Gasteiger partial charge on any atom is 0.0458 e. The van der Waals surface area contributed by atoms with Gasteiger partial charge in [0.25, 0.3) is 0 Å². The van der Waals surface area contributed by atoms with E-state index in [9.17, 15) is 0 Å². The Morgan fingerprint density at radius 1 is 0.944 bits per heavy atom. The van der Waals surface area contributed by atoms with E-state index in [-0.39, 0.29) is 0 Å². The Kier molecular flexibility index (Phi) is 3.40. The number of aromatic nitrogens is 1. The standard InChI is InChI=1S/C17H23N/c1-13-15-11-7-8-12-16(15)18-17(13)14-9-5-3-2-4-6-10-14/h7-8,11-12,14,18H,2-6,9-10H2,1H3. The van der Waals surface area contributed by atoms with E-state index in [0.29, 0.717) is 0 Å². The minimum atomic E-state index is 0.762. The predicted molar refractivity (Wildman–Crippen MR) is 78.1 cm³/mol. The number of benzene rings is 1. The number of para-hydroxylation sites is 1. The molecule has 1 heterocycles. The van der Waals surface area contributed by atoms with Gasteiger partial charge in [0.05, 0.1) is 0 Å². The molecular formula is C17H23N. The number of aromatic amines is 1. The fraction of sp³-hybridized carbons (Fsp3) is 0.529. The van der Waals surface area contributed by atoms with Crippen molar-refractivity contribution in [2.45, 2.75) is 57.8 Å². The molecule has 0 saturated heterocycles. The van der Waals surface area contributed by atoms with Gasteiger partial charge in [0.1, 0.15) is 0 Å². The zero-order valence-electron chi connectivity index (χ0n) is 11.3. The minimum absolute atomic E-state index is 0.762. The van der Waals surface area contributed by atoms with E-state index in [2.05, 4.69) is 36.2 Å². The third-order valence-corrected chi connectivity index (χ3v) is 4.52. The molecule has 1 N–H and O–H groups in total. The molecule has 0 atom stereocenters. The first kappa shape index (κ1) is 11.8. The highest BCUT2D eigenvalue weighted by molar-refractivity contribution is 5.84. The molecule has 0 aliphatic heterocycles. The highest BCUT2D eigenvalue weighted by Gasteiger charge is 2.18. The van der Waals surface area contributed by atoms with Gasteiger partial charge in [-0.25, -0.2) is 0 Å². The van der Waals surface area contributed by atoms with Crippen LogP contribution in [0.25, 0.3) is 10.9 Å². The van der Waals surface area contributed by atoms with E-state index in [0.717, 1.165) is 5.92 Å². The third-order valence-electron chi connectivity index (χ3n) is 4.52. The molecule has 1 saturated carbocycles. The maximum atomic E-state index is 3.68. The molecule has 18 heavy (non-hydrogen) atoms. The monoisotopic (exact) mass is 241 g/mol. The molecule has 1 aliphatic rings. The third kappa shape index (κ3) is 2.19. The molecule has 1 fully saturated rings. The first-order chi connectivity index (χ1) is 8.86. The predicted octanol–water partition coefficient (Wildman–Crippen LogP) is 5.30. The summed E-state index contributed by atoms with van der Waals surface area (Å²) in [4.78, 5) is 3.68. The van der Waals surface area contributed by atoms with Crippen molar-refractivity contribution in [3.8, 4) is 0 Å². The van der Waals surface area contributed by atoms with Crippen LogP contribution in [0, 0.1) is 6.92 Å². The van der Waals surface area contributed by atoms with Crippen molar-refractivity contribution in [1.29, 1.82) is 0 Å². The largest absolute Gasteiger partial charge is 0.358 e. The highest BCUT2D eigenvalue weighted by atomic mass is 14.7. The van der Waals surface area contributed by atoms with E-state index in [1.165, 1.54) is 67.1 Å². The molecule has 0 unspecified atom stereocenters. The summed E-state index contributed by atoms with van der Waals surface area (Å²) in [6.07, 6.45) is 9.84. The summed E-state index contributed by atoms with van der Waals surface area (Å²) >= 11 is 0. The molecule has 1 nitrogen and oxygen atoms in total. The molecule has 0 bridgehead atoms. The van der Waals surface area contributed by atoms with Crippen LogP contribution in [0.15, 0.2) is 24.3 Å². The molecule has 1 aromatic carbocycles. The molecule has 1 aromatic heterocycles. The van der Waals surface area contributed by atoms with Crippen LogP contribution in [0.3, 0.4) is 0 Å². The normalized spacial score (nSPS) is 18.7. The number of hydrogen-bond donors (Lipinski definition) is 1. The van der Waals surface area contributed by atoms with Crippen LogP contribution in [-0.4, -0.2) is 4.98 Å². The van der Waals surface area contributed by atoms with Crippen LogP contribution < -0.4 is 0 Å². The van der Waals surface area contributed by atoms with Gasteiger partial charge in [-0.1, -0.05) is 50.3 Å². The van der Waals surface area contributed by atoms with Crippen LogP contribution in [0.4, 0.5) is 0 Å². The Bertz CT molecular complexity index is 515. The lowest BCUT2D eigenvalue weighted by Gasteiger charge is -2.19. The smallest absolute Gasteiger partial charge is 0.0458 e. The van der Waals surface area contributed by atoms with Crippen LogP contribution in [-0.2, 0) is 0 Å². The van der Waals surface area contributed by atoms with Gasteiger partial charge in [0, 0.05) is 16.6 Å². The van der Waals surface area contributed by atoms with E-state index < -0.39 is 0 Å². The van der Waals surface area contributed by atoms with Gasteiger partial charge in [-0.2, -0.15) is 0 Å². The van der Waals surface area contributed by atoms with Crippen molar-refractivity contribution in [3.05, 3.63) is 35.5 Å². The zero-order valence-corrected chi connectivity index (χ0v) is 11.3. The molecular weight excluding hydrogens is 218 g/mol. The average molecular weight is 241 g/mol. The number of H-pyrrole nitrogens is 1.